The summed E-state index contributed by atoms with van der Waals surface area (Å²) in [5.74, 6) is 0.949. The molecule has 1 heterocycles. The van der Waals surface area contributed by atoms with Crippen LogP contribution in [0.15, 0.2) is 0 Å². The van der Waals surface area contributed by atoms with Gasteiger partial charge in [0.25, 0.3) is 0 Å². The summed E-state index contributed by atoms with van der Waals surface area (Å²) in [6.07, 6.45) is 6.87. The number of rotatable bonds is 4. The third kappa shape index (κ3) is 2.45. The molecule has 5 fully saturated rings. The molecule has 2 amide bonds. The summed E-state index contributed by atoms with van der Waals surface area (Å²) in [4.78, 5) is 38.3. The predicted octanol–water partition coefficient (Wildman–Crippen LogP) is 2.78. The molecular formula is C20H29NO4. The number of likely N-dealkylation sites (tertiary alicyclic amines) is 1. The van der Waals surface area contributed by atoms with E-state index in [4.69, 9.17) is 4.74 Å². The number of amides is 2. The topological polar surface area (TPSA) is 63.7 Å². The quantitative estimate of drug-likeness (QED) is 0.579. The first-order valence-corrected chi connectivity index (χ1v) is 9.92. The van der Waals surface area contributed by atoms with E-state index in [0.29, 0.717) is 11.8 Å². The van der Waals surface area contributed by atoms with Gasteiger partial charge in [0.1, 0.15) is 12.1 Å². The Balaban J connectivity index is 1.48. The lowest BCUT2D eigenvalue weighted by Gasteiger charge is -2.60. The van der Waals surface area contributed by atoms with Crippen LogP contribution in [0.4, 0.5) is 0 Å². The Morgan fingerprint density at radius 2 is 1.48 bits per heavy atom. The molecule has 0 N–H and O–H groups in total. The van der Waals surface area contributed by atoms with E-state index in [2.05, 4.69) is 6.92 Å². The summed E-state index contributed by atoms with van der Waals surface area (Å²) in [5.41, 5.74) is -0.368. The van der Waals surface area contributed by atoms with Crippen LogP contribution in [0.25, 0.3) is 0 Å². The molecule has 0 aromatic rings. The SMILES string of the molecule is CCC1(OC(=O)CN2C(=O)C(C)C(C)C2=O)C2CC3CC(C2)CC1C3. The highest BCUT2D eigenvalue weighted by Crippen LogP contribution is 2.60. The van der Waals surface area contributed by atoms with Gasteiger partial charge in [0.05, 0.1) is 0 Å². The maximum atomic E-state index is 12.7. The summed E-state index contributed by atoms with van der Waals surface area (Å²) < 4.78 is 6.11. The molecule has 2 unspecified atom stereocenters. The van der Waals surface area contributed by atoms with E-state index in [1.807, 2.05) is 0 Å². The van der Waals surface area contributed by atoms with Crippen molar-refractivity contribution in [3.63, 3.8) is 0 Å². The number of esters is 1. The van der Waals surface area contributed by atoms with E-state index in [0.717, 1.165) is 23.2 Å². The van der Waals surface area contributed by atoms with Gasteiger partial charge in [0, 0.05) is 11.8 Å². The highest BCUT2D eigenvalue weighted by atomic mass is 16.6. The second kappa shape index (κ2) is 5.82. The van der Waals surface area contributed by atoms with Crippen LogP contribution in [0.2, 0.25) is 0 Å². The first-order chi connectivity index (χ1) is 11.9. The van der Waals surface area contributed by atoms with Gasteiger partial charge in [-0.1, -0.05) is 20.8 Å². The van der Waals surface area contributed by atoms with Gasteiger partial charge in [-0.25, -0.2) is 0 Å². The molecular weight excluding hydrogens is 318 g/mol. The highest BCUT2D eigenvalue weighted by molar-refractivity contribution is 6.06. The first-order valence-electron chi connectivity index (χ1n) is 9.92. The van der Waals surface area contributed by atoms with Gasteiger partial charge in [-0.3, -0.25) is 19.3 Å². The molecule has 5 aliphatic rings. The molecule has 25 heavy (non-hydrogen) atoms. The Morgan fingerprint density at radius 3 is 1.92 bits per heavy atom. The Bertz CT molecular complexity index is 565. The molecule has 5 rings (SSSR count). The number of nitrogens with zero attached hydrogens (tertiary/aromatic N) is 1. The van der Waals surface area contributed by atoms with Crippen molar-refractivity contribution in [2.45, 2.75) is 64.9 Å². The average molecular weight is 347 g/mol. The Morgan fingerprint density at radius 1 is 1.00 bits per heavy atom. The standard InChI is InChI=1S/C20H29NO4/c1-4-20(15-6-13-5-14(8-15)9-16(20)7-13)25-17(22)10-21-18(23)11(2)12(3)19(21)24/h11-16H,4-10H2,1-3H3. The van der Waals surface area contributed by atoms with Crippen LogP contribution in [0.3, 0.4) is 0 Å². The van der Waals surface area contributed by atoms with Crippen molar-refractivity contribution in [2.75, 3.05) is 6.54 Å². The molecule has 0 radical (unpaired) electrons. The minimum absolute atomic E-state index is 0.222. The molecule has 0 aromatic heterocycles. The molecule has 4 aliphatic carbocycles. The van der Waals surface area contributed by atoms with Crippen LogP contribution in [-0.2, 0) is 19.1 Å². The predicted molar refractivity (Wildman–Crippen MR) is 91.2 cm³/mol. The van der Waals surface area contributed by atoms with E-state index >= 15 is 0 Å². The van der Waals surface area contributed by atoms with Crippen molar-refractivity contribution in [1.29, 1.82) is 0 Å². The zero-order valence-corrected chi connectivity index (χ0v) is 15.5. The van der Waals surface area contributed by atoms with Crippen LogP contribution in [-0.4, -0.2) is 34.8 Å². The molecule has 138 valence electrons. The molecule has 5 heteroatoms. The second-order valence-electron chi connectivity index (χ2n) is 8.93. The van der Waals surface area contributed by atoms with Gasteiger partial charge in [-0.2, -0.15) is 0 Å². The minimum Gasteiger partial charge on any atom is -0.457 e. The van der Waals surface area contributed by atoms with Crippen molar-refractivity contribution < 1.29 is 19.1 Å². The zero-order valence-electron chi connectivity index (χ0n) is 15.5. The van der Waals surface area contributed by atoms with Crippen LogP contribution < -0.4 is 0 Å². The van der Waals surface area contributed by atoms with Crippen LogP contribution >= 0.6 is 0 Å². The maximum Gasteiger partial charge on any atom is 0.326 e. The normalized spacial score (nSPS) is 45.3. The molecule has 2 atom stereocenters. The number of imide groups is 1. The fourth-order valence-electron chi connectivity index (χ4n) is 6.36. The summed E-state index contributed by atoms with van der Waals surface area (Å²) in [7, 11) is 0. The van der Waals surface area contributed by atoms with Crippen molar-refractivity contribution >= 4 is 17.8 Å². The summed E-state index contributed by atoms with van der Waals surface area (Å²) >= 11 is 0. The van der Waals surface area contributed by atoms with E-state index in [-0.39, 0.29) is 35.8 Å². The van der Waals surface area contributed by atoms with E-state index in [9.17, 15) is 14.4 Å². The first kappa shape index (κ1) is 17.0. The monoisotopic (exact) mass is 347 g/mol. The fraction of sp³-hybridized carbons (Fsp3) is 0.850. The molecule has 1 aliphatic heterocycles. The summed E-state index contributed by atoms with van der Waals surface area (Å²) in [6.45, 7) is 5.40. The Hall–Kier alpha value is -1.39. The maximum absolute atomic E-state index is 12.7. The van der Waals surface area contributed by atoms with Gasteiger partial charge >= 0.3 is 5.97 Å². The second-order valence-corrected chi connectivity index (χ2v) is 8.93. The number of ether oxygens (including phenoxy) is 1. The van der Waals surface area contributed by atoms with Crippen LogP contribution in [0.1, 0.15) is 59.3 Å². The largest absolute Gasteiger partial charge is 0.457 e. The molecule has 0 aromatic carbocycles. The molecule has 5 nitrogen and oxygen atoms in total. The van der Waals surface area contributed by atoms with E-state index in [1.54, 1.807) is 13.8 Å². The van der Waals surface area contributed by atoms with Crippen molar-refractivity contribution in [1.82, 2.24) is 4.90 Å². The Labute approximate surface area is 149 Å². The lowest BCUT2D eigenvalue weighted by atomic mass is 9.49. The average Bonchev–Trinajstić information content (AvgIpc) is 2.75. The summed E-state index contributed by atoms with van der Waals surface area (Å²) in [5, 5.41) is 0. The number of carbonyl (C=O) groups excluding carboxylic acids is 3. The van der Waals surface area contributed by atoms with Gasteiger partial charge < -0.3 is 4.74 Å². The fourth-order valence-corrected chi connectivity index (χ4v) is 6.36. The molecule has 1 saturated heterocycles. The van der Waals surface area contributed by atoms with Crippen LogP contribution in [0, 0.1) is 35.5 Å². The van der Waals surface area contributed by atoms with Gasteiger partial charge in [-0.15, -0.1) is 0 Å². The van der Waals surface area contributed by atoms with E-state index < -0.39 is 5.97 Å². The lowest BCUT2D eigenvalue weighted by Crippen LogP contribution is -2.60. The van der Waals surface area contributed by atoms with Crippen molar-refractivity contribution in [3.05, 3.63) is 0 Å². The lowest BCUT2D eigenvalue weighted by molar-refractivity contribution is -0.211. The zero-order chi connectivity index (χ0) is 17.9. The summed E-state index contributed by atoms with van der Waals surface area (Å²) in [6, 6.07) is 0. The number of hydrogen-bond acceptors (Lipinski definition) is 4. The van der Waals surface area contributed by atoms with Gasteiger partial charge in [-0.05, 0) is 62.2 Å². The van der Waals surface area contributed by atoms with Gasteiger partial charge in [0.15, 0.2) is 0 Å². The minimum atomic E-state index is -0.405. The Kier molecular flexibility index (Phi) is 3.97. The smallest absolute Gasteiger partial charge is 0.326 e. The number of hydrogen-bond donors (Lipinski definition) is 0. The van der Waals surface area contributed by atoms with Crippen LogP contribution in [0.5, 0.6) is 0 Å². The van der Waals surface area contributed by atoms with E-state index in [1.165, 1.54) is 32.1 Å². The molecule has 0 spiro atoms. The van der Waals surface area contributed by atoms with Crippen molar-refractivity contribution in [3.8, 4) is 0 Å². The molecule has 4 bridgehead atoms. The third-order valence-corrected chi connectivity index (χ3v) is 7.72. The molecule has 4 saturated carbocycles. The van der Waals surface area contributed by atoms with Crippen molar-refractivity contribution in [2.24, 2.45) is 35.5 Å². The van der Waals surface area contributed by atoms with Gasteiger partial charge in [0.2, 0.25) is 11.8 Å². The highest BCUT2D eigenvalue weighted by Gasteiger charge is 2.58. The number of carbonyl (C=O) groups is 3. The third-order valence-electron chi connectivity index (χ3n) is 7.72.